The highest BCUT2D eigenvalue weighted by molar-refractivity contribution is 6.30. The number of ether oxygens (including phenoxy) is 1. The molecule has 0 unspecified atom stereocenters. The van der Waals surface area contributed by atoms with Crippen molar-refractivity contribution < 1.29 is 9.53 Å². The molecule has 0 N–H and O–H groups in total. The highest BCUT2D eigenvalue weighted by Crippen LogP contribution is 2.44. The van der Waals surface area contributed by atoms with E-state index in [1.54, 1.807) is 12.0 Å². The minimum Gasteiger partial charge on any atom is -0.496 e. The Morgan fingerprint density at radius 3 is 2.64 bits per heavy atom. The molecular weight excluding hydrogens is 376 g/mol. The Morgan fingerprint density at radius 1 is 1.18 bits per heavy atom. The number of aromatic nitrogens is 3. The summed E-state index contributed by atoms with van der Waals surface area (Å²) in [6.45, 7) is 1.86. The Morgan fingerprint density at radius 2 is 1.93 bits per heavy atom. The lowest BCUT2D eigenvalue weighted by Gasteiger charge is -2.39. The Bertz CT molecular complexity index is 986. The smallest absolute Gasteiger partial charge is 0.231 e. The number of carbonyl (C=O) groups excluding carboxylic acids is 1. The van der Waals surface area contributed by atoms with Gasteiger partial charge < -0.3 is 4.74 Å². The van der Waals surface area contributed by atoms with Gasteiger partial charge >= 0.3 is 0 Å². The first kappa shape index (κ1) is 18.5. The summed E-state index contributed by atoms with van der Waals surface area (Å²) in [5.41, 5.74) is 2.03. The molecule has 0 fully saturated rings. The van der Waals surface area contributed by atoms with E-state index in [1.165, 1.54) is 6.33 Å². The predicted molar refractivity (Wildman–Crippen MR) is 108 cm³/mol. The molecule has 7 heteroatoms. The maximum absolute atomic E-state index is 12.8. The van der Waals surface area contributed by atoms with E-state index in [-0.39, 0.29) is 18.0 Å². The fraction of sp³-hybridized carbons (Fsp3) is 0.286. The number of rotatable bonds is 4. The number of hydrogen-bond donors (Lipinski definition) is 0. The van der Waals surface area contributed by atoms with E-state index in [9.17, 15) is 4.79 Å². The molecule has 1 aliphatic rings. The van der Waals surface area contributed by atoms with Crippen LogP contribution >= 0.6 is 11.6 Å². The van der Waals surface area contributed by atoms with E-state index < -0.39 is 0 Å². The molecule has 144 valence electrons. The fourth-order valence-electron chi connectivity index (χ4n) is 3.82. The lowest BCUT2D eigenvalue weighted by Crippen LogP contribution is -2.42. The second-order valence-electron chi connectivity index (χ2n) is 6.68. The molecule has 0 bridgehead atoms. The number of hydrogen-bond acceptors (Lipinski definition) is 4. The zero-order valence-corrected chi connectivity index (χ0v) is 16.5. The Labute approximate surface area is 168 Å². The van der Waals surface area contributed by atoms with E-state index in [2.05, 4.69) is 10.1 Å². The van der Waals surface area contributed by atoms with Crippen LogP contribution in [0, 0.1) is 0 Å². The van der Waals surface area contributed by atoms with Gasteiger partial charge in [-0.25, -0.2) is 4.68 Å². The molecule has 1 amide bonds. The van der Waals surface area contributed by atoms with Gasteiger partial charge in [-0.3, -0.25) is 9.69 Å². The van der Waals surface area contributed by atoms with Gasteiger partial charge in [0.25, 0.3) is 0 Å². The van der Waals surface area contributed by atoms with Gasteiger partial charge in [-0.05, 0) is 30.2 Å². The topological polar surface area (TPSA) is 60.2 Å². The number of anilines is 1. The lowest BCUT2D eigenvalue weighted by atomic mass is 9.91. The molecule has 0 saturated heterocycles. The van der Waals surface area contributed by atoms with Crippen LogP contribution in [0.5, 0.6) is 5.75 Å². The van der Waals surface area contributed by atoms with Crippen molar-refractivity contribution in [3.05, 3.63) is 71.0 Å². The van der Waals surface area contributed by atoms with Crippen LogP contribution < -0.4 is 9.64 Å². The SMILES string of the molecule is CCC(=O)N1c2ncnn2[C@H](c2ccccc2OC)C[C@@H]1c1ccc(Cl)cc1. The summed E-state index contributed by atoms with van der Waals surface area (Å²) in [4.78, 5) is 19.0. The number of para-hydroxylation sites is 1. The summed E-state index contributed by atoms with van der Waals surface area (Å²) in [6, 6.07) is 15.3. The lowest BCUT2D eigenvalue weighted by molar-refractivity contribution is -0.119. The number of fused-ring (bicyclic) bond motifs is 1. The normalized spacial score (nSPS) is 18.6. The van der Waals surface area contributed by atoms with Crippen LogP contribution in [0.4, 0.5) is 5.95 Å². The van der Waals surface area contributed by atoms with E-state index in [1.807, 2.05) is 60.1 Å². The average Bonchev–Trinajstić information content (AvgIpc) is 3.22. The van der Waals surface area contributed by atoms with Crippen LogP contribution in [0.3, 0.4) is 0 Å². The first-order valence-corrected chi connectivity index (χ1v) is 9.61. The van der Waals surface area contributed by atoms with Crippen molar-refractivity contribution in [1.29, 1.82) is 0 Å². The number of benzene rings is 2. The molecule has 0 radical (unpaired) electrons. The molecule has 4 rings (SSSR count). The highest BCUT2D eigenvalue weighted by atomic mass is 35.5. The van der Waals surface area contributed by atoms with Gasteiger partial charge in [0, 0.05) is 17.0 Å². The second-order valence-corrected chi connectivity index (χ2v) is 7.12. The fourth-order valence-corrected chi connectivity index (χ4v) is 3.94. The molecule has 28 heavy (non-hydrogen) atoms. The average molecular weight is 397 g/mol. The standard InChI is InChI=1S/C21H21ClN4O2/c1-3-20(27)25-17(14-8-10-15(22)11-9-14)12-18(26-21(25)23-13-24-26)16-6-4-5-7-19(16)28-2/h4-11,13,17-18H,3,12H2,1-2H3/t17-,18+/m1/s1. The Hall–Kier alpha value is -2.86. The van der Waals surface area contributed by atoms with Crippen molar-refractivity contribution in [3.8, 4) is 5.75 Å². The summed E-state index contributed by atoms with van der Waals surface area (Å²) in [5, 5.41) is 5.10. The third-order valence-corrected chi connectivity index (χ3v) is 5.40. The summed E-state index contributed by atoms with van der Waals surface area (Å²) in [5.74, 6) is 1.35. The molecule has 3 aromatic rings. The van der Waals surface area contributed by atoms with Crippen molar-refractivity contribution >= 4 is 23.5 Å². The summed E-state index contributed by atoms with van der Waals surface area (Å²) in [7, 11) is 1.66. The third-order valence-electron chi connectivity index (χ3n) is 5.15. The van der Waals surface area contributed by atoms with Crippen molar-refractivity contribution in [3.63, 3.8) is 0 Å². The highest BCUT2D eigenvalue weighted by Gasteiger charge is 2.39. The summed E-state index contributed by atoms with van der Waals surface area (Å²) >= 11 is 6.08. The first-order valence-electron chi connectivity index (χ1n) is 9.24. The molecular formula is C21H21ClN4O2. The molecule has 2 aromatic carbocycles. The van der Waals surface area contributed by atoms with E-state index in [0.717, 1.165) is 16.9 Å². The molecule has 0 saturated carbocycles. The van der Waals surface area contributed by atoms with E-state index in [4.69, 9.17) is 16.3 Å². The minimum absolute atomic E-state index is 0.00711. The molecule has 1 aromatic heterocycles. The first-order chi connectivity index (χ1) is 13.6. The third kappa shape index (κ3) is 3.14. The molecule has 0 aliphatic carbocycles. The Balaban J connectivity index is 1.86. The van der Waals surface area contributed by atoms with Gasteiger partial charge in [0.15, 0.2) is 0 Å². The van der Waals surface area contributed by atoms with Gasteiger partial charge in [0.2, 0.25) is 11.9 Å². The zero-order chi connectivity index (χ0) is 19.7. The van der Waals surface area contributed by atoms with Gasteiger partial charge in [0.05, 0.1) is 19.2 Å². The van der Waals surface area contributed by atoms with Gasteiger partial charge in [-0.2, -0.15) is 10.1 Å². The maximum Gasteiger partial charge on any atom is 0.231 e. The molecule has 0 spiro atoms. The van der Waals surface area contributed by atoms with Crippen LogP contribution in [0.2, 0.25) is 5.02 Å². The monoisotopic (exact) mass is 396 g/mol. The van der Waals surface area contributed by atoms with Crippen molar-refractivity contribution in [1.82, 2.24) is 14.8 Å². The van der Waals surface area contributed by atoms with Gasteiger partial charge in [-0.1, -0.05) is 48.9 Å². The van der Waals surface area contributed by atoms with Crippen LogP contribution in [0.15, 0.2) is 54.9 Å². The number of nitrogens with zero attached hydrogens (tertiary/aromatic N) is 4. The van der Waals surface area contributed by atoms with Crippen LogP contribution in [0.1, 0.15) is 43.0 Å². The maximum atomic E-state index is 12.8. The summed E-state index contributed by atoms with van der Waals surface area (Å²) in [6.07, 6.45) is 2.54. The predicted octanol–water partition coefficient (Wildman–Crippen LogP) is 4.42. The Kier molecular flexibility index (Phi) is 5.05. The zero-order valence-electron chi connectivity index (χ0n) is 15.7. The van der Waals surface area contributed by atoms with Gasteiger partial charge in [-0.15, -0.1) is 0 Å². The molecule has 1 aliphatic heterocycles. The van der Waals surface area contributed by atoms with Crippen LogP contribution in [0.25, 0.3) is 0 Å². The van der Waals surface area contributed by atoms with Crippen LogP contribution in [-0.2, 0) is 4.79 Å². The minimum atomic E-state index is -0.170. The number of carbonyl (C=O) groups is 1. The van der Waals surface area contributed by atoms with E-state index >= 15 is 0 Å². The molecule has 2 atom stereocenters. The van der Waals surface area contributed by atoms with Gasteiger partial charge in [0.1, 0.15) is 12.1 Å². The van der Waals surface area contributed by atoms with Crippen molar-refractivity contribution in [2.24, 2.45) is 0 Å². The van der Waals surface area contributed by atoms with E-state index in [0.29, 0.717) is 23.8 Å². The van der Waals surface area contributed by atoms with Crippen LogP contribution in [-0.4, -0.2) is 27.8 Å². The van der Waals surface area contributed by atoms with Crippen molar-refractivity contribution in [2.45, 2.75) is 31.8 Å². The van der Waals surface area contributed by atoms with Crippen molar-refractivity contribution in [2.75, 3.05) is 12.0 Å². The summed E-state index contributed by atoms with van der Waals surface area (Å²) < 4.78 is 7.40. The number of methoxy groups -OCH3 is 1. The molecule has 2 heterocycles. The molecule has 6 nitrogen and oxygen atoms in total. The largest absolute Gasteiger partial charge is 0.496 e. The number of amides is 1. The second kappa shape index (κ2) is 7.64. The quantitative estimate of drug-likeness (QED) is 0.655. The number of halogens is 1.